The molecule has 0 amide bonds. The maximum absolute atomic E-state index is 6.17. The van der Waals surface area contributed by atoms with Crippen LogP contribution in [0, 0.1) is 0 Å². The predicted octanol–water partition coefficient (Wildman–Crippen LogP) is 6.50. The van der Waals surface area contributed by atoms with Gasteiger partial charge in [-0.15, -0.1) is 5.10 Å². The summed E-state index contributed by atoms with van der Waals surface area (Å²) in [5.74, 6) is 0.878. The highest BCUT2D eigenvalue weighted by molar-refractivity contribution is 7.23. The number of nitrogens with zero attached hydrogens (tertiary/aromatic N) is 5. The van der Waals surface area contributed by atoms with Crippen molar-refractivity contribution in [2.75, 3.05) is 6.61 Å². The number of rotatable bonds is 12. The summed E-state index contributed by atoms with van der Waals surface area (Å²) < 4.78 is 17.1. The van der Waals surface area contributed by atoms with Gasteiger partial charge in [-0.05, 0) is 31.5 Å². The lowest BCUT2D eigenvalue weighted by Crippen LogP contribution is -2.00. The Labute approximate surface area is 209 Å². The summed E-state index contributed by atoms with van der Waals surface area (Å²) in [5.41, 5.74) is 5.03. The van der Waals surface area contributed by atoms with Crippen molar-refractivity contribution in [1.29, 1.82) is 0 Å². The van der Waals surface area contributed by atoms with Crippen molar-refractivity contribution < 1.29 is 9.47 Å². The number of aromatic nitrogens is 5. The van der Waals surface area contributed by atoms with Gasteiger partial charge in [-0.3, -0.25) is 9.08 Å². The van der Waals surface area contributed by atoms with Gasteiger partial charge in [-0.1, -0.05) is 73.1 Å². The quantitative estimate of drug-likeness (QED) is 0.187. The van der Waals surface area contributed by atoms with Crippen LogP contribution in [-0.4, -0.2) is 31.0 Å². The molecular weight excluding hydrogens is 458 g/mol. The fraction of sp³-hybridized carbons (Fsp3) is 0.370. The second kappa shape index (κ2) is 11.0. The van der Waals surface area contributed by atoms with Crippen LogP contribution in [0.3, 0.4) is 0 Å². The first-order chi connectivity index (χ1) is 17.3. The van der Waals surface area contributed by atoms with E-state index in [2.05, 4.69) is 45.9 Å². The Morgan fingerprint density at radius 1 is 0.971 bits per heavy atom. The lowest BCUT2D eigenvalue weighted by Gasteiger charge is -2.07. The summed E-state index contributed by atoms with van der Waals surface area (Å²) in [5, 5.41) is 8.56. The fourth-order valence-electron chi connectivity index (χ4n) is 4.29. The minimum atomic E-state index is 0.410. The Kier molecular flexibility index (Phi) is 7.39. The average molecular weight is 490 g/mol. The molecule has 7 nitrogen and oxygen atoms in total. The van der Waals surface area contributed by atoms with Gasteiger partial charge < -0.3 is 9.47 Å². The van der Waals surface area contributed by atoms with Crippen LogP contribution < -0.4 is 4.74 Å². The molecule has 0 aliphatic carbocycles. The number of benzene rings is 2. The molecule has 182 valence electrons. The molecule has 0 unspecified atom stereocenters. The molecule has 0 atom stereocenters. The second-order valence-corrected chi connectivity index (χ2v) is 9.59. The number of imidazole rings is 1. The Balaban J connectivity index is 1.38. The number of hydrogen-bond acceptors (Lipinski definition) is 6. The van der Waals surface area contributed by atoms with E-state index in [1.807, 2.05) is 42.1 Å². The first-order valence-electron chi connectivity index (χ1n) is 12.4. The topological polar surface area (TPSA) is 66.5 Å². The molecule has 0 radical (unpaired) electrons. The van der Waals surface area contributed by atoms with Gasteiger partial charge in [-0.25, -0.2) is 4.98 Å². The number of fused-ring (bicyclic) bond motifs is 3. The molecule has 0 fully saturated rings. The van der Waals surface area contributed by atoms with Crippen LogP contribution in [-0.2, 0) is 24.5 Å². The third kappa shape index (κ3) is 5.23. The molecule has 5 aromatic rings. The molecule has 0 aliphatic rings. The lowest BCUT2D eigenvalue weighted by molar-refractivity contribution is 0.102. The molecule has 0 bridgehead atoms. The maximum Gasteiger partial charge on any atom is 0.195 e. The SMILES string of the molecule is CCCCCCn1cc(COCc2c(-c3ccccc3)nc3sc4cc(OCC)ccc4n23)nn1. The summed E-state index contributed by atoms with van der Waals surface area (Å²) in [6, 6.07) is 16.5. The molecule has 3 aromatic heterocycles. The molecule has 0 saturated heterocycles. The van der Waals surface area contributed by atoms with Crippen LogP contribution >= 0.6 is 11.3 Å². The molecule has 0 saturated carbocycles. The van der Waals surface area contributed by atoms with Crippen molar-refractivity contribution in [3.05, 3.63) is 66.1 Å². The van der Waals surface area contributed by atoms with E-state index in [-0.39, 0.29) is 0 Å². The minimum Gasteiger partial charge on any atom is -0.494 e. The van der Waals surface area contributed by atoms with Crippen molar-refractivity contribution in [3.63, 3.8) is 0 Å². The molecule has 2 aromatic carbocycles. The summed E-state index contributed by atoms with van der Waals surface area (Å²) in [4.78, 5) is 5.95. The van der Waals surface area contributed by atoms with Crippen molar-refractivity contribution in [3.8, 4) is 17.0 Å². The summed E-state index contributed by atoms with van der Waals surface area (Å²) in [7, 11) is 0. The summed E-state index contributed by atoms with van der Waals surface area (Å²) in [6.45, 7) is 6.60. The third-order valence-electron chi connectivity index (χ3n) is 5.99. The van der Waals surface area contributed by atoms with Crippen LogP contribution in [0.4, 0.5) is 0 Å². The number of aryl methyl sites for hydroxylation is 1. The van der Waals surface area contributed by atoms with E-state index in [1.54, 1.807) is 11.3 Å². The van der Waals surface area contributed by atoms with Crippen LogP contribution in [0.5, 0.6) is 5.75 Å². The normalized spacial score (nSPS) is 11.6. The Morgan fingerprint density at radius 3 is 2.69 bits per heavy atom. The van der Waals surface area contributed by atoms with Crippen molar-refractivity contribution >= 4 is 26.5 Å². The lowest BCUT2D eigenvalue weighted by atomic mass is 10.1. The first-order valence-corrected chi connectivity index (χ1v) is 13.2. The van der Waals surface area contributed by atoms with Gasteiger partial charge in [0.2, 0.25) is 0 Å². The number of ether oxygens (including phenoxy) is 2. The zero-order valence-corrected chi connectivity index (χ0v) is 21.1. The molecule has 5 rings (SSSR count). The molecule has 3 heterocycles. The smallest absolute Gasteiger partial charge is 0.195 e. The van der Waals surface area contributed by atoms with Crippen molar-refractivity contribution in [1.82, 2.24) is 24.4 Å². The first kappa shape index (κ1) is 23.5. The maximum atomic E-state index is 6.17. The zero-order valence-electron chi connectivity index (χ0n) is 20.3. The van der Waals surface area contributed by atoms with Crippen LogP contribution in [0.15, 0.2) is 54.7 Å². The molecule has 0 spiro atoms. The highest BCUT2D eigenvalue weighted by atomic mass is 32.1. The highest BCUT2D eigenvalue weighted by Gasteiger charge is 2.19. The molecule has 0 N–H and O–H groups in total. The second-order valence-electron chi connectivity index (χ2n) is 8.58. The summed E-state index contributed by atoms with van der Waals surface area (Å²) >= 11 is 1.67. The minimum absolute atomic E-state index is 0.410. The van der Waals surface area contributed by atoms with E-state index in [9.17, 15) is 0 Å². The Bertz CT molecular complexity index is 1390. The number of hydrogen-bond donors (Lipinski definition) is 0. The average Bonchev–Trinajstić information content (AvgIpc) is 3.57. The predicted molar refractivity (Wildman–Crippen MR) is 140 cm³/mol. The van der Waals surface area contributed by atoms with Crippen LogP contribution in [0.2, 0.25) is 0 Å². The molecular formula is C27H31N5O2S. The standard InChI is InChI=1S/C27H31N5O2S/c1-3-5-6-10-15-31-17-21(29-30-31)18-33-19-24-26(20-11-8-7-9-12-20)28-27-32(24)23-14-13-22(34-4-2)16-25(23)35-27/h7-9,11-14,16-17H,3-6,10,15,18-19H2,1-2H3. The van der Waals surface area contributed by atoms with Crippen LogP contribution in [0.25, 0.3) is 26.4 Å². The van der Waals surface area contributed by atoms with E-state index in [1.165, 1.54) is 19.3 Å². The van der Waals surface area contributed by atoms with E-state index in [0.29, 0.717) is 19.8 Å². The largest absolute Gasteiger partial charge is 0.494 e. The molecule has 35 heavy (non-hydrogen) atoms. The van der Waals surface area contributed by atoms with Gasteiger partial charge in [0, 0.05) is 12.1 Å². The third-order valence-corrected chi connectivity index (χ3v) is 6.99. The molecule has 0 aliphatic heterocycles. The van der Waals surface area contributed by atoms with Crippen molar-refractivity contribution in [2.45, 2.75) is 59.3 Å². The fourth-order valence-corrected chi connectivity index (χ4v) is 5.36. The van der Waals surface area contributed by atoms with E-state index < -0.39 is 0 Å². The van der Waals surface area contributed by atoms with E-state index in [0.717, 1.165) is 56.5 Å². The van der Waals surface area contributed by atoms with Gasteiger partial charge in [0.05, 0.1) is 47.6 Å². The number of thiazole rings is 1. The van der Waals surface area contributed by atoms with E-state index in [4.69, 9.17) is 14.5 Å². The van der Waals surface area contributed by atoms with Crippen LogP contribution in [0.1, 0.15) is 50.9 Å². The molecule has 8 heteroatoms. The van der Waals surface area contributed by atoms with Gasteiger partial charge >= 0.3 is 0 Å². The van der Waals surface area contributed by atoms with Gasteiger partial charge in [0.25, 0.3) is 0 Å². The Hall–Kier alpha value is -3.23. The van der Waals surface area contributed by atoms with Gasteiger partial charge in [0.15, 0.2) is 4.96 Å². The van der Waals surface area contributed by atoms with Gasteiger partial charge in [0.1, 0.15) is 11.4 Å². The highest BCUT2D eigenvalue weighted by Crippen LogP contribution is 2.35. The monoisotopic (exact) mass is 489 g/mol. The summed E-state index contributed by atoms with van der Waals surface area (Å²) in [6.07, 6.45) is 6.84. The van der Waals surface area contributed by atoms with E-state index >= 15 is 0 Å². The number of unbranched alkanes of at least 4 members (excludes halogenated alkanes) is 3. The zero-order chi connectivity index (χ0) is 24.0. The van der Waals surface area contributed by atoms with Gasteiger partial charge in [-0.2, -0.15) is 0 Å². The Morgan fingerprint density at radius 2 is 1.86 bits per heavy atom. The van der Waals surface area contributed by atoms with Crippen molar-refractivity contribution in [2.24, 2.45) is 0 Å².